The van der Waals surface area contributed by atoms with Crippen LogP contribution in [0, 0.1) is 6.92 Å². The molecule has 1 rings (SSSR count). The molecule has 0 unspecified atom stereocenters. The molecule has 2 heteroatoms. The number of benzene rings is 1. The first-order valence-corrected chi connectivity index (χ1v) is 5.61. The molecule has 0 bridgehead atoms. The Morgan fingerprint density at radius 2 is 2.07 bits per heavy atom. The van der Waals surface area contributed by atoms with Gasteiger partial charge in [0.15, 0.2) is 0 Å². The fraction of sp³-hybridized carbons (Fsp3) is 0.500. The first-order valence-electron chi connectivity index (χ1n) is 5.16. The van der Waals surface area contributed by atoms with E-state index in [4.69, 9.17) is 4.74 Å². The van der Waals surface area contributed by atoms with Crippen LogP contribution in [0.4, 0.5) is 0 Å². The fourth-order valence-corrected chi connectivity index (χ4v) is 1.40. The topological polar surface area (TPSA) is 9.23 Å². The SMILES string of the molecule is CCCCCOc1ccc(S)c(C)c1. The second-order valence-electron chi connectivity index (χ2n) is 3.50. The number of thiol groups is 1. The third kappa shape index (κ3) is 3.62. The van der Waals surface area contributed by atoms with Crippen LogP contribution in [0.15, 0.2) is 23.1 Å². The molecule has 0 N–H and O–H groups in total. The summed E-state index contributed by atoms with van der Waals surface area (Å²) in [5.41, 5.74) is 1.17. The van der Waals surface area contributed by atoms with Gasteiger partial charge in [0.25, 0.3) is 0 Å². The Morgan fingerprint density at radius 3 is 2.71 bits per heavy atom. The van der Waals surface area contributed by atoms with Crippen molar-refractivity contribution in [3.8, 4) is 5.75 Å². The van der Waals surface area contributed by atoms with Gasteiger partial charge in [-0.2, -0.15) is 0 Å². The number of ether oxygens (including phenoxy) is 1. The predicted molar refractivity (Wildman–Crippen MR) is 63.5 cm³/mol. The highest BCUT2D eigenvalue weighted by Crippen LogP contribution is 2.19. The van der Waals surface area contributed by atoms with Crippen molar-refractivity contribution in [2.45, 2.75) is 38.0 Å². The van der Waals surface area contributed by atoms with E-state index in [0.717, 1.165) is 23.7 Å². The van der Waals surface area contributed by atoms with Crippen molar-refractivity contribution in [2.24, 2.45) is 0 Å². The van der Waals surface area contributed by atoms with Crippen molar-refractivity contribution >= 4 is 12.6 Å². The number of hydrogen-bond acceptors (Lipinski definition) is 2. The predicted octanol–water partition coefficient (Wildman–Crippen LogP) is 3.85. The molecular weight excluding hydrogens is 192 g/mol. The molecule has 0 saturated heterocycles. The molecule has 0 fully saturated rings. The van der Waals surface area contributed by atoms with Gasteiger partial charge in [0.2, 0.25) is 0 Å². The van der Waals surface area contributed by atoms with Gasteiger partial charge in [0.1, 0.15) is 5.75 Å². The van der Waals surface area contributed by atoms with E-state index in [-0.39, 0.29) is 0 Å². The van der Waals surface area contributed by atoms with Gasteiger partial charge in [0, 0.05) is 4.90 Å². The summed E-state index contributed by atoms with van der Waals surface area (Å²) in [6.07, 6.45) is 3.61. The van der Waals surface area contributed by atoms with Crippen LogP contribution >= 0.6 is 12.6 Å². The van der Waals surface area contributed by atoms with Gasteiger partial charge in [-0.25, -0.2) is 0 Å². The minimum atomic E-state index is 0.819. The van der Waals surface area contributed by atoms with Crippen molar-refractivity contribution in [2.75, 3.05) is 6.61 Å². The number of aryl methyl sites for hydroxylation is 1. The lowest BCUT2D eigenvalue weighted by molar-refractivity contribution is 0.306. The molecule has 0 amide bonds. The Bertz CT molecular complexity index is 284. The summed E-state index contributed by atoms with van der Waals surface area (Å²) < 4.78 is 5.61. The maximum atomic E-state index is 5.61. The van der Waals surface area contributed by atoms with Crippen LogP contribution in [-0.2, 0) is 0 Å². The number of unbranched alkanes of at least 4 members (excludes halogenated alkanes) is 2. The van der Waals surface area contributed by atoms with Gasteiger partial charge in [-0.05, 0) is 37.1 Å². The summed E-state index contributed by atoms with van der Waals surface area (Å²) >= 11 is 4.31. The van der Waals surface area contributed by atoms with E-state index in [9.17, 15) is 0 Å². The third-order valence-corrected chi connectivity index (χ3v) is 2.69. The third-order valence-electron chi connectivity index (χ3n) is 2.18. The quantitative estimate of drug-likeness (QED) is 0.573. The van der Waals surface area contributed by atoms with E-state index in [0.29, 0.717) is 0 Å². The molecule has 0 aliphatic rings. The summed E-state index contributed by atoms with van der Waals surface area (Å²) in [7, 11) is 0. The van der Waals surface area contributed by atoms with Gasteiger partial charge < -0.3 is 4.74 Å². The maximum absolute atomic E-state index is 5.61. The van der Waals surface area contributed by atoms with Gasteiger partial charge in [0.05, 0.1) is 6.61 Å². The lowest BCUT2D eigenvalue weighted by Crippen LogP contribution is -1.97. The van der Waals surface area contributed by atoms with Gasteiger partial charge >= 0.3 is 0 Å². The van der Waals surface area contributed by atoms with Crippen LogP contribution in [0.2, 0.25) is 0 Å². The number of hydrogen-bond donors (Lipinski definition) is 1. The second-order valence-corrected chi connectivity index (χ2v) is 3.99. The summed E-state index contributed by atoms with van der Waals surface area (Å²) in [5.74, 6) is 0.955. The summed E-state index contributed by atoms with van der Waals surface area (Å²) in [5, 5.41) is 0. The molecule has 1 aromatic rings. The van der Waals surface area contributed by atoms with E-state index in [1.807, 2.05) is 25.1 Å². The molecule has 14 heavy (non-hydrogen) atoms. The minimum absolute atomic E-state index is 0.819. The molecule has 0 aliphatic carbocycles. The zero-order valence-corrected chi connectivity index (χ0v) is 9.81. The molecule has 0 saturated carbocycles. The van der Waals surface area contributed by atoms with E-state index >= 15 is 0 Å². The molecule has 1 aromatic carbocycles. The van der Waals surface area contributed by atoms with Crippen LogP contribution in [-0.4, -0.2) is 6.61 Å². The Labute approximate surface area is 91.9 Å². The van der Waals surface area contributed by atoms with Crippen LogP contribution in [0.5, 0.6) is 5.75 Å². The normalized spacial score (nSPS) is 10.2. The Hall–Kier alpha value is -0.630. The standard InChI is InChI=1S/C12H18OS/c1-3-4-5-8-13-11-6-7-12(14)10(2)9-11/h6-7,9,14H,3-5,8H2,1-2H3. The van der Waals surface area contributed by atoms with Crippen molar-refractivity contribution in [1.82, 2.24) is 0 Å². The van der Waals surface area contributed by atoms with Crippen molar-refractivity contribution in [1.29, 1.82) is 0 Å². The average molecular weight is 210 g/mol. The minimum Gasteiger partial charge on any atom is -0.494 e. The molecule has 1 nitrogen and oxygen atoms in total. The molecule has 78 valence electrons. The van der Waals surface area contributed by atoms with E-state index in [1.165, 1.54) is 18.4 Å². The smallest absolute Gasteiger partial charge is 0.119 e. The van der Waals surface area contributed by atoms with E-state index in [1.54, 1.807) is 0 Å². The van der Waals surface area contributed by atoms with Crippen LogP contribution in [0.25, 0.3) is 0 Å². The zero-order valence-electron chi connectivity index (χ0n) is 8.92. The van der Waals surface area contributed by atoms with Crippen LogP contribution < -0.4 is 4.74 Å². The molecule has 0 heterocycles. The fourth-order valence-electron chi connectivity index (χ4n) is 1.26. The first-order chi connectivity index (χ1) is 6.74. The van der Waals surface area contributed by atoms with Crippen LogP contribution in [0.1, 0.15) is 31.7 Å². The largest absolute Gasteiger partial charge is 0.494 e. The summed E-state index contributed by atoms with van der Waals surface area (Å²) in [6.45, 7) is 5.06. The monoisotopic (exact) mass is 210 g/mol. The maximum Gasteiger partial charge on any atom is 0.119 e. The Morgan fingerprint density at radius 1 is 1.29 bits per heavy atom. The Kier molecular flexibility index (Phi) is 4.88. The van der Waals surface area contributed by atoms with Crippen LogP contribution in [0.3, 0.4) is 0 Å². The van der Waals surface area contributed by atoms with Crippen molar-refractivity contribution in [3.05, 3.63) is 23.8 Å². The van der Waals surface area contributed by atoms with Crippen molar-refractivity contribution in [3.63, 3.8) is 0 Å². The second kappa shape index (κ2) is 5.97. The highest BCUT2D eigenvalue weighted by molar-refractivity contribution is 7.80. The molecule has 0 atom stereocenters. The highest BCUT2D eigenvalue weighted by Gasteiger charge is 1.97. The molecule has 0 aromatic heterocycles. The lowest BCUT2D eigenvalue weighted by Gasteiger charge is -2.07. The van der Waals surface area contributed by atoms with Gasteiger partial charge in [-0.15, -0.1) is 12.6 Å². The first kappa shape index (κ1) is 11.4. The Balaban J connectivity index is 2.39. The molecule has 0 radical (unpaired) electrons. The number of rotatable bonds is 5. The van der Waals surface area contributed by atoms with Gasteiger partial charge in [-0.3, -0.25) is 0 Å². The van der Waals surface area contributed by atoms with Gasteiger partial charge in [-0.1, -0.05) is 19.8 Å². The summed E-state index contributed by atoms with van der Waals surface area (Å²) in [6, 6.07) is 5.99. The molecule has 0 spiro atoms. The summed E-state index contributed by atoms with van der Waals surface area (Å²) in [4.78, 5) is 1.02. The molecule has 0 aliphatic heterocycles. The highest BCUT2D eigenvalue weighted by atomic mass is 32.1. The lowest BCUT2D eigenvalue weighted by atomic mass is 10.2. The van der Waals surface area contributed by atoms with Crippen molar-refractivity contribution < 1.29 is 4.74 Å². The zero-order chi connectivity index (χ0) is 10.4. The van der Waals surface area contributed by atoms with E-state index in [2.05, 4.69) is 19.6 Å². The average Bonchev–Trinajstić information content (AvgIpc) is 2.18. The molecular formula is C12H18OS. The van der Waals surface area contributed by atoms with E-state index < -0.39 is 0 Å².